The van der Waals surface area contributed by atoms with E-state index < -0.39 is 5.60 Å². The molecule has 1 N–H and O–H groups in total. The van der Waals surface area contributed by atoms with Crippen LogP contribution in [0.4, 0.5) is 0 Å². The lowest BCUT2D eigenvalue weighted by atomic mass is 9.86. The van der Waals surface area contributed by atoms with Crippen LogP contribution in [0.2, 0.25) is 0 Å². The number of benzene rings is 1. The standard InChI is InChI=1S/C15H16O/c1-4-10-13(5-2)15(16,6-3)14-11-8-7-9-12-14/h4-12,16H,1-3H2/b13-10+. The second-order valence-corrected chi connectivity index (χ2v) is 3.40. The van der Waals surface area contributed by atoms with Crippen molar-refractivity contribution in [2.75, 3.05) is 0 Å². The van der Waals surface area contributed by atoms with Crippen molar-refractivity contribution in [3.8, 4) is 0 Å². The zero-order valence-corrected chi connectivity index (χ0v) is 9.26. The molecule has 0 radical (unpaired) electrons. The third-order valence-electron chi connectivity index (χ3n) is 2.47. The summed E-state index contributed by atoms with van der Waals surface area (Å²) in [6.45, 7) is 11.0. The van der Waals surface area contributed by atoms with Crippen LogP contribution in [-0.4, -0.2) is 5.11 Å². The van der Waals surface area contributed by atoms with Gasteiger partial charge in [-0.3, -0.25) is 0 Å². The molecule has 1 aromatic rings. The van der Waals surface area contributed by atoms with Gasteiger partial charge in [0, 0.05) is 0 Å². The molecule has 0 aliphatic carbocycles. The fourth-order valence-electron chi connectivity index (χ4n) is 1.57. The summed E-state index contributed by atoms with van der Waals surface area (Å²) >= 11 is 0. The Balaban J connectivity index is 3.31. The zero-order chi connectivity index (χ0) is 12.0. The SMILES string of the molecule is C=C/C=C(\C=C)C(O)(C=C)c1ccccc1. The molecule has 0 amide bonds. The van der Waals surface area contributed by atoms with Gasteiger partial charge in [-0.2, -0.15) is 0 Å². The maximum absolute atomic E-state index is 10.6. The molecule has 0 fully saturated rings. The molecule has 0 aromatic heterocycles. The molecule has 0 spiro atoms. The minimum absolute atomic E-state index is 0.656. The topological polar surface area (TPSA) is 20.2 Å². The van der Waals surface area contributed by atoms with E-state index in [4.69, 9.17) is 0 Å². The van der Waals surface area contributed by atoms with Gasteiger partial charge in [0.05, 0.1) is 0 Å². The first-order chi connectivity index (χ1) is 7.69. The van der Waals surface area contributed by atoms with Gasteiger partial charge in [-0.25, -0.2) is 0 Å². The molecule has 0 heterocycles. The van der Waals surface area contributed by atoms with E-state index in [-0.39, 0.29) is 0 Å². The molecular weight excluding hydrogens is 196 g/mol. The summed E-state index contributed by atoms with van der Waals surface area (Å²) in [5.74, 6) is 0. The first-order valence-corrected chi connectivity index (χ1v) is 5.06. The van der Waals surface area contributed by atoms with Gasteiger partial charge >= 0.3 is 0 Å². The number of hydrogen-bond acceptors (Lipinski definition) is 1. The Morgan fingerprint density at radius 3 is 2.19 bits per heavy atom. The third kappa shape index (κ3) is 2.20. The van der Waals surface area contributed by atoms with Crippen LogP contribution in [0, 0.1) is 0 Å². The van der Waals surface area contributed by atoms with Crippen LogP contribution in [0.3, 0.4) is 0 Å². The van der Waals surface area contributed by atoms with Crippen LogP contribution in [-0.2, 0) is 5.60 Å². The van der Waals surface area contributed by atoms with Crippen molar-refractivity contribution in [1.29, 1.82) is 0 Å². The zero-order valence-electron chi connectivity index (χ0n) is 9.26. The van der Waals surface area contributed by atoms with E-state index in [2.05, 4.69) is 19.7 Å². The fraction of sp³-hybridized carbons (Fsp3) is 0.0667. The van der Waals surface area contributed by atoms with E-state index in [0.29, 0.717) is 5.57 Å². The Morgan fingerprint density at radius 2 is 1.75 bits per heavy atom. The van der Waals surface area contributed by atoms with Gasteiger partial charge in [-0.05, 0) is 11.1 Å². The molecule has 1 heteroatoms. The average molecular weight is 212 g/mol. The first-order valence-electron chi connectivity index (χ1n) is 5.06. The second-order valence-electron chi connectivity index (χ2n) is 3.40. The highest BCUT2D eigenvalue weighted by Gasteiger charge is 2.27. The number of allylic oxidation sites excluding steroid dienone is 2. The Bertz CT molecular complexity index is 414. The smallest absolute Gasteiger partial charge is 0.133 e. The van der Waals surface area contributed by atoms with Crippen molar-refractivity contribution < 1.29 is 5.11 Å². The van der Waals surface area contributed by atoms with Crippen molar-refractivity contribution in [1.82, 2.24) is 0 Å². The van der Waals surface area contributed by atoms with E-state index in [9.17, 15) is 5.11 Å². The van der Waals surface area contributed by atoms with Crippen LogP contribution in [0.5, 0.6) is 0 Å². The molecule has 1 nitrogen and oxygen atoms in total. The van der Waals surface area contributed by atoms with Crippen molar-refractivity contribution in [3.05, 3.63) is 85.5 Å². The molecule has 0 aliphatic rings. The molecule has 0 bridgehead atoms. The van der Waals surface area contributed by atoms with Gasteiger partial charge < -0.3 is 5.11 Å². The fourth-order valence-corrected chi connectivity index (χ4v) is 1.57. The van der Waals surface area contributed by atoms with E-state index in [1.165, 1.54) is 6.08 Å². The number of hydrogen-bond donors (Lipinski definition) is 1. The summed E-state index contributed by atoms with van der Waals surface area (Å²) < 4.78 is 0. The summed E-state index contributed by atoms with van der Waals surface area (Å²) in [5.41, 5.74) is 0.207. The Labute approximate surface area is 96.8 Å². The van der Waals surface area contributed by atoms with Crippen LogP contribution >= 0.6 is 0 Å². The van der Waals surface area contributed by atoms with Crippen molar-refractivity contribution >= 4 is 0 Å². The minimum Gasteiger partial charge on any atom is -0.377 e. The summed E-state index contributed by atoms with van der Waals surface area (Å²) in [5, 5.41) is 10.6. The van der Waals surface area contributed by atoms with Crippen LogP contribution in [0.15, 0.2) is 79.9 Å². The minimum atomic E-state index is -1.21. The lowest BCUT2D eigenvalue weighted by molar-refractivity contribution is 0.134. The summed E-state index contributed by atoms with van der Waals surface area (Å²) in [6.07, 6.45) is 6.45. The average Bonchev–Trinajstić information content (AvgIpc) is 2.36. The highest BCUT2D eigenvalue weighted by molar-refractivity contribution is 5.43. The van der Waals surface area contributed by atoms with E-state index in [1.54, 1.807) is 18.2 Å². The summed E-state index contributed by atoms with van der Waals surface area (Å²) in [7, 11) is 0. The maximum atomic E-state index is 10.6. The van der Waals surface area contributed by atoms with Crippen molar-refractivity contribution in [3.63, 3.8) is 0 Å². The predicted molar refractivity (Wildman–Crippen MR) is 69.0 cm³/mol. The molecule has 1 rings (SSSR count). The van der Waals surface area contributed by atoms with Gasteiger partial charge in [0.1, 0.15) is 5.60 Å². The second kappa shape index (κ2) is 5.29. The normalized spacial score (nSPS) is 14.9. The first kappa shape index (κ1) is 12.2. The monoisotopic (exact) mass is 212 g/mol. The molecule has 1 unspecified atom stereocenters. The van der Waals surface area contributed by atoms with Gasteiger partial charge in [0.15, 0.2) is 0 Å². The maximum Gasteiger partial charge on any atom is 0.133 e. The molecule has 1 atom stereocenters. The van der Waals surface area contributed by atoms with Crippen LogP contribution < -0.4 is 0 Å². The Kier molecular flexibility index (Phi) is 4.03. The van der Waals surface area contributed by atoms with Gasteiger partial charge in [-0.15, -0.1) is 0 Å². The quantitative estimate of drug-likeness (QED) is 0.586. The van der Waals surface area contributed by atoms with Gasteiger partial charge in [0.25, 0.3) is 0 Å². The van der Waals surface area contributed by atoms with Gasteiger partial charge in [0.2, 0.25) is 0 Å². The Hall–Kier alpha value is -1.86. The molecule has 82 valence electrons. The number of rotatable bonds is 5. The van der Waals surface area contributed by atoms with E-state index >= 15 is 0 Å². The van der Waals surface area contributed by atoms with Crippen LogP contribution in [0.25, 0.3) is 0 Å². The summed E-state index contributed by atoms with van der Waals surface area (Å²) in [6, 6.07) is 9.35. The molecule has 0 saturated heterocycles. The van der Waals surface area contributed by atoms with Crippen LogP contribution in [0.1, 0.15) is 5.56 Å². The summed E-state index contributed by atoms with van der Waals surface area (Å²) in [4.78, 5) is 0. The lowest BCUT2D eigenvalue weighted by Crippen LogP contribution is -2.24. The molecule has 0 saturated carbocycles. The highest BCUT2D eigenvalue weighted by Crippen LogP contribution is 2.31. The van der Waals surface area contributed by atoms with E-state index in [0.717, 1.165) is 5.56 Å². The number of aliphatic hydroxyl groups is 1. The highest BCUT2D eigenvalue weighted by atomic mass is 16.3. The van der Waals surface area contributed by atoms with E-state index in [1.807, 2.05) is 30.3 Å². The lowest BCUT2D eigenvalue weighted by Gasteiger charge is -2.26. The third-order valence-corrected chi connectivity index (χ3v) is 2.47. The van der Waals surface area contributed by atoms with Crippen molar-refractivity contribution in [2.45, 2.75) is 5.60 Å². The molecular formula is C15H16O. The van der Waals surface area contributed by atoms with Gasteiger partial charge in [-0.1, -0.05) is 74.4 Å². The Morgan fingerprint density at radius 1 is 1.12 bits per heavy atom. The van der Waals surface area contributed by atoms with Crippen molar-refractivity contribution in [2.24, 2.45) is 0 Å². The molecule has 1 aromatic carbocycles. The molecule has 0 aliphatic heterocycles. The predicted octanol–water partition coefficient (Wildman–Crippen LogP) is 3.36. The molecule has 16 heavy (non-hydrogen) atoms. The largest absolute Gasteiger partial charge is 0.377 e.